The molecule has 2 heterocycles. The van der Waals surface area contributed by atoms with Crippen LogP contribution in [0.3, 0.4) is 0 Å². The van der Waals surface area contributed by atoms with Crippen LogP contribution in [0.5, 0.6) is 0 Å². The number of piperidine rings is 2. The quantitative estimate of drug-likeness (QED) is 0.679. The molecule has 0 spiro atoms. The number of hydrogen-bond donors (Lipinski definition) is 1. The van der Waals surface area contributed by atoms with Gasteiger partial charge in [-0.25, -0.2) is 8.42 Å². The summed E-state index contributed by atoms with van der Waals surface area (Å²) in [5, 5.41) is 3.06. The number of nitrogens with zero attached hydrogens (tertiary/aromatic N) is 2. The lowest BCUT2D eigenvalue weighted by molar-refractivity contribution is 0.0951. The van der Waals surface area contributed by atoms with Crippen LogP contribution in [0, 0.1) is 0 Å². The molecule has 2 aliphatic rings. The summed E-state index contributed by atoms with van der Waals surface area (Å²) in [6.45, 7) is 4.85. The van der Waals surface area contributed by atoms with E-state index in [2.05, 4.69) is 10.2 Å². The minimum Gasteiger partial charge on any atom is -0.352 e. The second-order valence-corrected chi connectivity index (χ2v) is 9.94. The number of likely N-dealkylation sites (tertiary alicyclic amines) is 1. The summed E-state index contributed by atoms with van der Waals surface area (Å²) in [5.74, 6) is -0.259. The smallest absolute Gasteiger partial charge is 0.251 e. The zero-order valence-electron chi connectivity index (χ0n) is 16.3. The Bertz CT molecular complexity index is 773. The molecular formula is C20H30ClN3O3S. The molecule has 0 aliphatic carbocycles. The third kappa shape index (κ3) is 5.47. The number of benzene rings is 1. The molecule has 1 N–H and O–H groups in total. The molecule has 0 atom stereocenters. The summed E-state index contributed by atoms with van der Waals surface area (Å²) in [4.78, 5) is 14.9. The lowest BCUT2D eigenvalue weighted by atomic mass is 10.1. The van der Waals surface area contributed by atoms with Crippen LogP contribution in [-0.2, 0) is 10.0 Å². The Morgan fingerprint density at radius 2 is 1.64 bits per heavy atom. The van der Waals surface area contributed by atoms with E-state index in [1.165, 1.54) is 35.7 Å². The maximum atomic E-state index is 12.9. The van der Waals surface area contributed by atoms with Gasteiger partial charge in [0.1, 0.15) is 4.90 Å². The van der Waals surface area contributed by atoms with Gasteiger partial charge in [-0.1, -0.05) is 24.4 Å². The molecule has 2 fully saturated rings. The highest BCUT2D eigenvalue weighted by Gasteiger charge is 2.28. The van der Waals surface area contributed by atoms with Gasteiger partial charge in [-0.05, 0) is 69.9 Å². The number of rotatable bonds is 7. The first kappa shape index (κ1) is 21.6. The predicted octanol–water partition coefficient (Wildman–Crippen LogP) is 3.12. The molecule has 0 bridgehead atoms. The van der Waals surface area contributed by atoms with Crippen molar-refractivity contribution in [2.24, 2.45) is 0 Å². The summed E-state index contributed by atoms with van der Waals surface area (Å²) < 4.78 is 27.3. The fraction of sp³-hybridized carbons (Fsp3) is 0.650. The second kappa shape index (κ2) is 10.1. The van der Waals surface area contributed by atoms with Gasteiger partial charge < -0.3 is 10.2 Å². The largest absolute Gasteiger partial charge is 0.352 e. The minimum absolute atomic E-state index is 0.0250. The summed E-state index contributed by atoms with van der Waals surface area (Å²) in [7, 11) is -3.67. The van der Waals surface area contributed by atoms with Gasteiger partial charge in [0.15, 0.2) is 0 Å². The van der Waals surface area contributed by atoms with Crippen LogP contribution in [0.4, 0.5) is 0 Å². The molecule has 3 rings (SSSR count). The van der Waals surface area contributed by atoms with Crippen LogP contribution in [0.1, 0.15) is 55.3 Å². The van der Waals surface area contributed by atoms with E-state index in [0.717, 1.165) is 45.3 Å². The van der Waals surface area contributed by atoms with Gasteiger partial charge >= 0.3 is 0 Å². The number of hydrogen-bond acceptors (Lipinski definition) is 4. The molecule has 2 aliphatic heterocycles. The molecule has 1 aromatic rings. The first-order valence-corrected chi connectivity index (χ1v) is 12.1. The average Bonchev–Trinajstić information content (AvgIpc) is 2.72. The first-order chi connectivity index (χ1) is 13.5. The van der Waals surface area contributed by atoms with Crippen molar-refractivity contribution < 1.29 is 13.2 Å². The van der Waals surface area contributed by atoms with Crippen LogP contribution >= 0.6 is 11.6 Å². The Kier molecular flexibility index (Phi) is 7.74. The molecular weight excluding hydrogens is 398 g/mol. The highest BCUT2D eigenvalue weighted by molar-refractivity contribution is 7.89. The van der Waals surface area contributed by atoms with Gasteiger partial charge in [-0.2, -0.15) is 4.31 Å². The van der Waals surface area contributed by atoms with Gasteiger partial charge in [-0.3, -0.25) is 4.79 Å². The van der Waals surface area contributed by atoms with Crippen molar-refractivity contribution in [3.05, 3.63) is 28.8 Å². The number of carbonyl (C=O) groups excluding carboxylic acids is 1. The van der Waals surface area contributed by atoms with Crippen LogP contribution in [0.25, 0.3) is 0 Å². The maximum absolute atomic E-state index is 12.9. The van der Waals surface area contributed by atoms with Gasteiger partial charge in [0, 0.05) is 25.2 Å². The zero-order valence-corrected chi connectivity index (χ0v) is 17.9. The Morgan fingerprint density at radius 1 is 1.00 bits per heavy atom. The van der Waals surface area contributed by atoms with E-state index in [0.29, 0.717) is 25.2 Å². The molecule has 1 amide bonds. The standard InChI is InChI=1S/C20H30ClN3O3S/c21-18-9-8-17(16-19(18)28(26,27)24-14-5-2-6-15-24)20(25)22-10-7-13-23-11-3-1-4-12-23/h8-9,16H,1-7,10-15H2,(H,22,25). The molecule has 0 aromatic heterocycles. The van der Waals surface area contributed by atoms with Crippen molar-refractivity contribution >= 4 is 27.5 Å². The third-order valence-corrected chi connectivity index (χ3v) is 7.89. The van der Waals surface area contributed by atoms with E-state index in [9.17, 15) is 13.2 Å². The lowest BCUT2D eigenvalue weighted by Gasteiger charge is -2.26. The average molecular weight is 428 g/mol. The highest BCUT2D eigenvalue weighted by atomic mass is 35.5. The molecule has 0 unspecified atom stereocenters. The molecule has 28 heavy (non-hydrogen) atoms. The van der Waals surface area contributed by atoms with E-state index in [4.69, 9.17) is 11.6 Å². The molecule has 8 heteroatoms. The summed E-state index contributed by atoms with van der Waals surface area (Å²) in [5.41, 5.74) is 0.331. The van der Waals surface area contributed by atoms with Crippen LogP contribution < -0.4 is 5.32 Å². The van der Waals surface area contributed by atoms with E-state index in [-0.39, 0.29) is 15.8 Å². The van der Waals surface area contributed by atoms with Gasteiger partial charge in [0.25, 0.3) is 5.91 Å². The zero-order chi connectivity index (χ0) is 20.0. The lowest BCUT2D eigenvalue weighted by Crippen LogP contribution is -2.36. The van der Waals surface area contributed by atoms with Crippen LogP contribution in [0.15, 0.2) is 23.1 Å². The fourth-order valence-electron chi connectivity index (χ4n) is 3.88. The van der Waals surface area contributed by atoms with Gasteiger partial charge in [0.05, 0.1) is 5.02 Å². The summed E-state index contributed by atoms with van der Waals surface area (Å²) >= 11 is 6.17. The number of carbonyl (C=O) groups is 1. The van der Waals surface area contributed by atoms with Crippen molar-refractivity contribution in [1.29, 1.82) is 0 Å². The maximum Gasteiger partial charge on any atom is 0.251 e. The van der Waals surface area contributed by atoms with Crippen molar-refractivity contribution in [2.75, 3.05) is 39.3 Å². The molecule has 156 valence electrons. The fourth-order valence-corrected chi connectivity index (χ4v) is 5.89. The number of sulfonamides is 1. The van der Waals surface area contributed by atoms with E-state index < -0.39 is 10.0 Å². The van der Waals surface area contributed by atoms with E-state index in [1.807, 2.05) is 0 Å². The van der Waals surface area contributed by atoms with Crippen LogP contribution in [-0.4, -0.2) is 62.8 Å². The summed E-state index contributed by atoms with van der Waals surface area (Å²) in [6.07, 6.45) is 7.46. The molecule has 0 saturated carbocycles. The second-order valence-electron chi connectivity index (χ2n) is 7.62. The van der Waals surface area contributed by atoms with Crippen molar-refractivity contribution in [1.82, 2.24) is 14.5 Å². The summed E-state index contributed by atoms with van der Waals surface area (Å²) in [6, 6.07) is 4.49. The van der Waals surface area contributed by atoms with Crippen molar-refractivity contribution in [3.63, 3.8) is 0 Å². The molecule has 2 saturated heterocycles. The normalized spacial score (nSPS) is 19.5. The highest BCUT2D eigenvalue weighted by Crippen LogP contribution is 2.27. The Morgan fingerprint density at radius 3 is 2.32 bits per heavy atom. The van der Waals surface area contributed by atoms with Gasteiger partial charge in [-0.15, -0.1) is 0 Å². The van der Waals surface area contributed by atoms with Crippen LogP contribution in [0.2, 0.25) is 5.02 Å². The third-order valence-electron chi connectivity index (χ3n) is 5.51. The van der Waals surface area contributed by atoms with E-state index in [1.54, 1.807) is 6.07 Å². The Hall–Kier alpha value is -1.15. The number of amides is 1. The van der Waals surface area contributed by atoms with Crippen molar-refractivity contribution in [3.8, 4) is 0 Å². The van der Waals surface area contributed by atoms with Gasteiger partial charge in [0.2, 0.25) is 10.0 Å². The Labute approximate surface area is 173 Å². The predicted molar refractivity (Wildman–Crippen MR) is 111 cm³/mol. The topological polar surface area (TPSA) is 69.7 Å². The SMILES string of the molecule is O=C(NCCCN1CCCCC1)c1ccc(Cl)c(S(=O)(=O)N2CCCCC2)c1. The first-order valence-electron chi connectivity index (χ1n) is 10.3. The molecule has 0 radical (unpaired) electrons. The number of halogens is 1. The van der Waals surface area contributed by atoms with E-state index >= 15 is 0 Å². The molecule has 6 nitrogen and oxygen atoms in total. The monoisotopic (exact) mass is 427 g/mol. The minimum atomic E-state index is -3.67. The Balaban J connectivity index is 1.59. The number of nitrogens with one attached hydrogen (secondary N) is 1. The van der Waals surface area contributed by atoms with Crippen molar-refractivity contribution in [2.45, 2.75) is 49.8 Å². The molecule has 1 aromatic carbocycles.